The molecule has 0 saturated carbocycles. The van der Waals surface area contributed by atoms with Gasteiger partial charge in [0.15, 0.2) is 5.82 Å². The highest BCUT2D eigenvalue weighted by molar-refractivity contribution is 6.31. The molecule has 12 heavy (non-hydrogen) atoms. The smallest absolute Gasteiger partial charge is 0.169 e. The number of aromatic nitrogens is 2. The van der Waals surface area contributed by atoms with Crippen LogP contribution in [0.5, 0.6) is 0 Å². The molecule has 5 heteroatoms. The highest BCUT2D eigenvalue weighted by Crippen LogP contribution is 2.22. The number of H-pyrrole nitrogens is 1. The molecule has 0 spiro atoms. The first-order chi connectivity index (χ1) is 5.81. The van der Waals surface area contributed by atoms with E-state index >= 15 is 0 Å². The summed E-state index contributed by atoms with van der Waals surface area (Å²) in [7, 11) is 0. The number of anilines is 1. The number of nitrogens with zero attached hydrogens (tertiary/aromatic N) is 1. The van der Waals surface area contributed by atoms with Gasteiger partial charge in [0, 0.05) is 10.4 Å². The molecule has 1 aromatic heterocycles. The lowest BCUT2D eigenvalue weighted by atomic mass is 10.2. The van der Waals surface area contributed by atoms with Crippen LogP contribution in [-0.2, 0) is 0 Å². The van der Waals surface area contributed by atoms with E-state index in [0.717, 1.165) is 10.9 Å². The second kappa shape index (κ2) is 2.66. The van der Waals surface area contributed by atoms with E-state index in [-0.39, 0.29) is 0 Å². The summed E-state index contributed by atoms with van der Waals surface area (Å²) >= 11 is 5.79. The van der Waals surface area contributed by atoms with Crippen LogP contribution in [0.2, 0.25) is 5.02 Å². The minimum absolute atomic E-state index is 0.604. The molecule has 4 N–H and O–H groups in total. The van der Waals surface area contributed by atoms with Crippen molar-refractivity contribution >= 4 is 28.3 Å². The second-order valence-electron chi connectivity index (χ2n) is 2.41. The molecule has 0 unspecified atom stereocenters. The number of hydrogen-bond donors (Lipinski definition) is 3. The van der Waals surface area contributed by atoms with E-state index in [1.807, 2.05) is 6.07 Å². The van der Waals surface area contributed by atoms with Gasteiger partial charge in [-0.1, -0.05) is 11.6 Å². The van der Waals surface area contributed by atoms with Crippen molar-refractivity contribution in [1.82, 2.24) is 10.2 Å². The number of hydrogen-bond acceptors (Lipinski definition) is 3. The molecular formula is C7H7ClN4. The van der Waals surface area contributed by atoms with Crippen LogP contribution in [0.1, 0.15) is 0 Å². The molecule has 0 atom stereocenters. The Kier molecular flexibility index (Phi) is 1.64. The van der Waals surface area contributed by atoms with Crippen molar-refractivity contribution in [2.45, 2.75) is 0 Å². The van der Waals surface area contributed by atoms with Gasteiger partial charge in [0.1, 0.15) is 0 Å². The molecule has 0 amide bonds. The number of hydrazine groups is 1. The molecule has 62 valence electrons. The largest absolute Gasteiger partial charge is 0.306 e. The number of nitrogens with one attached hydrogen (secondary N) is 2. The molecule has 0 radical (unpaired) electrons. The van der Waals surface area contributed by atoms with Crippen LogP contribution in [0.25, 0.3) is 10.9 Å². The van der Waals surface area contributed by atoms with Crippen LogP contribution >= 0.6 is 11.6 Å². The molecule has 2 aromatic rings. The molecule has 0 aliphatic carbocycles. The van der Waals surface area contributed by atoms with Gasteiger partial charge in [0.05, 0.1) is 5.52 Å². The van der Waals surface area contributed by atoms with Crippen molar-refractivity contribution in [3.05, 3.63) is 23.2 Å². The van der Waals surface area contributed by atoms with Gasteiger partial charge in [-0.2, -0.15) is 5.10 Å². The fourth-order valence-electron chi connectivity index (χ4n) is 1.10. The minimum atomic E-state index is 0.604. The molecular weight excluding hydrogens is 176 g/mol. The van der Waals surface area contributed by atoms with E-state index in [2.05, 4.69) is 15.6 Å². The molecule has 0 fully saturated rings. The van der Waals surface area contributed by atoms with Crippen molar-refractivity contribution in [3.8, 4) is 0 Å². The summed E-state index contributed by atoms with van der Waals surface area (Å²) in [5.41, 5.74) is 3.39. The van der Waals surface area contributed by atoms with Gasteiger partial charge in [0.25, 0.3) is 0 Å². The Hall–Kier alpha value is -1.26. The Labute approximate surface area is 73.7 Å². The zero-order chi connectivity index (χ0) is 8.55. The molecule has 1 heterocycles. The molecule has 1 aromatic carbocycles. The van der Waals surface area contributed by atoms with Crippen molar-refractivity contribution in [1.29, 1.82) is 0 Å². The Morgan fingerprint density at radius 1 is 1.50 bits per heavy atom. The molecule has 0 bridgehead atoms. The first kappa shape index (κ1) is 7.39. The maximum Gasteiger partial charge on any atom is 0.169 e. The number of halogens is 1. The van der Waals surface area contributed by atoms with Crippen LogP contribution in [0.15, 0.2) is 18.2 Å². The summed E-state index contributed by atoms with van der Waals surface area (Å²) in [6.07, 6.45) is 0. The van der Waals surface area contributed by atoms with Gasteiger partial charge in [-0.25, -0.2) is 5.84 Å². The molecule has 2 rings (SSSR count). The van der Waals surface area contributed by atoms with E-state index in [1.54, 1.807) is 12.1 Å². The lowest BCUT2D eigenvalue weighted by molar-refractivity contribution is 1.10. The van der Waals surface area contributed by atoms with Gasteiger partial charge >= 0.3 is 0 Å². The van der Waals surface area contributed by atoms with Crippen molar-refractivity contribution < 1.29 is 0 Å². The van der Waals surface area contributed by atoms with E-state index in [1.165, 1.54) is 0 Å². The van der Waals surface area contributed by atoms with Crippen LogP contribution in [0.3, 0.4) is 0 Å². The van der Waals surface area contributed by atoms with Crippen LogP contribution in [0.4, 0.5) is 5.82 Å². The number of rotatable bonds is 1. The van der Waals surface area contributed by atoms with Crippen molar-refractivity contribution in [2.75, 3.05) is 5.43 Å². The average molecular weight is 183 g/mol. The normalized spacial score (nSPS) is 10.5. The molecule has 0 aliphatic rings. The van der Waals surface area contributed by atoms with Gasteiger partial charge in [-0.05, 0) is 18.2 Å². The summed E-state index contributed by atoms with van der Waals surface area (Å²) in [6, 6.07) is 5.45. The third-order valence-corrected chi connectivity index (χ3v) is 1.90. The summed E-state index contributed by atoms with van der Waals surface area (Å²) in [5.74, 6) is 5.84. The molecule has 4 nitrogen and oxygen atoms in total. The number of aromatic amines is 1. The minimum Gasteiger partial charge on any atom is -0.306 e. The zero-order valence-corrected chi connectivity index (χ0v) is 6.89. The topological polar surface area (TPSA) is 66.7 Å². The summed E-state index contributed by atoms with van der Waals surface area (Å²) < 4.78 is 0. The standard InChI is InChI=1S/C7H7ClN4/c8-4-1-2-6-5(3-4)7(10-9)12-11-6/h1-3H,9H2,(H2,10,11,12). The Morgan fingerprint density at radius 3 is 3.08 bits per heavy atom. The first-order valence-electron chi connectivity index (χ1n) is 3.41. The summed E-state index contributed by atoms with van der Waals surface area (Å²) in [5, 5.41) is 8.31. The van der Waals surface area contributed by atoms with Crippen LogP contribution < -0.4 is 11.3 Å². The predicted molar refractivity (Wildman–Crippen MR) is 48.9 cm³/mol. The Bertz CT molecular complexity index is 409. The predicted octanol–water partition coefficient (Wildman–Crippen LogP) is 1.50. The SMILES string of the molecule is NNc1n[nH]c2ccc(Cl)cc12. The van der Waals surface area contributed by atoms with E-state index in [9.17, 15) is 0 Å². The monoisotopic (exact) mass is 182 g/mol. The Morgan fingerprint density at radius 2 is 2.33 bits per heavy atom. The molecule has 0 aliphatic heterocycles. The summed E-state index contributed by atoms with van der Waals surface area (Å²) in [4.78, 5) is 0. The number of fused-ring (bicyclic) bond motifs is 1. The maximum atomic E-state index is 5.79. The van der Waals surface area contributed by atoms with Crippen LogP contribution in [-0.4, -0.2) is 10.2 Å². The highest BCUT2D eigenvalue weighted by atomic mass is 35.5. The van der Waals surface area contributed by atoms with Gasteiger partial charge in [-0.3, -0.25) is 5.10 Å². The number of nitrogen functional groups attached to an aromatic ring is 1. The number of benzene rings is 1. The third-order valence-electron chi connectivity index (χ3n) is 1.66. The Balaban J connectivity index is 2.75. The lowest BCUT2D eigenvalue weighted by Gasteiger charge is -1.93. The van der Waals surface area contributed by atoms with Gasteiger partial charge in [0.2, 0.25) is 0 Å². The fourth-order valence-corrected chi connectivity index (χ4v) is 1.27. The summed E-state index contributed by atoms with van der Waals surface area (Å²) in [6.45, 7) is 0. The highest BCUT2D eigenvalue weighted by Gasteiger charge is 2.03. The second-order valence-corrected chi connectivity index (χ2v) is 2.84. The third kappa shape index (κ3) is 1.01. The van der Waals surface area contributed by atoms with E-state index < -0.39 is 0 Å². The van der Waals surface area contributed by atoms with Crippen LogP contribution in [0, 0.1) is 0 Å². The molecule has 0 saturated heterocycles. The zero-order valence-electron chi connectivity index (χ0n) is 6.13. The van der Waals surface area contributed by atoms with E-state index in [4.69, 9.17) is 17.4 Å². The van der Waals surface area contributed by atoms with Gasteiger partial charge in [-0.15, -0.1) is 0 Å². The lowest BCUT2D eigenvalue weighted by Crippen LogP contribution is -2.07. The van der Waals surface area contributed by atoms with Gasteiger partial charge < -0.3 is 5.43 Å². The van der Waals surface area contributed by atoms with Crippen molar-refractivity contribution in [2.24, 2.45) is 5.84 Å². The fraction of sp³-hybridized carbons (Fsp3) is 0. The van der Waals surface area contributed by atoms with Crippen molar-refractivity contribution in [3.63, 3.8) is 0 Å². The maximum absolute atomic E-state index is 5.79. The van der Waals surface area contributed by atoms with E-state index in [0.29, 0.717) is 10.8 Å². The number of nitrogens with two attached hydrogens (primary N) is 1. The average Bonchev–Trinajstić information content (AvgIpc) is 2.46. The first-order valence-corrected chi connectivity index (χ1v) is 3.79. The quantitative estimate of drug-likeness (QED) is 0.463.